The van der Waals surface area contributed by atoms with Gasteiger partial charge in [-0.2, -0.15) is 13.2 Å². The van der Waals surface area contributed by atoms with Crippen LogP contribution in [0, 0.1) is 11.3 Å². The van der Waals surface area contributed by atoms with Crippen LogP contribution in [0.2, 0.25) is 0 Å². The topological polar surface area (TPSA) is 61.4 Å². The Labute approximate surface area is 139 Å². The van der Waals surface area contributed by atoms with E-state index < -0.39 is 23.5 Å². The molecule has 0 saturated carbocycles. The van der Waals surface area contributed by atoms with E-state index in [0.29, 0.717) is 11.6 Å². The summed E-state index contributed by atoms with van der Waals surface area (Å²) < 4.78 is 39.2. The van der Waals surface area contributed by atoms with Gasteiger partial charge in [-0.15, -0.1) is 0 Å². The Morgan fingerprint density at radius 1 is 1.33 bits per heavy atom. The third kappa shape index (κ3) is 4.07. The van der Waals surface area contributed by atoms with Crippen LogP contribution in [0.3, 0.4) is 0 Å². The van der Waals surface area contributed by atoms with Gasteiger partial charge in [0, 0.05) is 27.2 Å². The number of carbonyl (C=O) groups is 1. The number of hydrogen-bond acceptors (Lipinski definition) is 4. The molecule has 24 heavy (non-hydrogen) atoms. The normalized spacial score (nSPS) is 20.6. The van der Waals surface area contributed by atoms with Gasteiger partial charge in [-0.3, -0.25) is 0 Å². The number of carbonyl (C=O) groups excluding carboxylic acids is 1. The summed E-state index contributed by atoms with van der Waals surface area (Å²) >= 11 is 0. The smallest absolute Gasteiger partial charge is 0.347 e. The second-order valence-electron chi connectivity index (χ2n) is 6.89. The number of hydrogen-bond donors (Lipinski definition) is 1. The highest BCUT2D eigenvalue weighted by molar-refractivity contribution is 5.89. The molecule has 1 aromatic heterocycles. The summed E-state index contributed by atoms with van der Waals surface area (Å²) in [7, 11) is 3.58. The quantitative estimate of drug-likeness (QED) is 0.895. The molecular formula is C15H22F3N5O. The van der Waals surface area contributed by atoms with Crippen LogP contribution in [-0.4, -0.2) is 54.3 Å². The van der Waals surface area contributed by atoms with Crippen molar-refractivity contribution in [3.05, 3.63) is 12.4 Å². The SMILES string of the molecule is CN(C)c1ncc(NC(=O)N2CC[C@H](C(F)(F)F)C(C)(C)C2)cn1. The minimum Gasteiger partial charge on any atom is -0.347 e. The number of piperidine rings is 1. The lowest BCUT2D eigenvalue weighted by Crippen LogP contribution is -2.53. The van der Waals surface area contributed by atoms with Crippen LogP contribution < -0.4 is 10.2 Å². The first-order chi connectivity index (χ1) is 11.0. The van der Waals surface area contributed by atoms with Gasteiger partial charge in [-0.25, -0.2) is 14.8 Å². The molecule has 6 nitrogen and oxygen atoms in total. The fourth-order valence-electron chi connectivity index (χ4n) is 2.96. The Bertz CT molecular complexity index is 586. The van der Waals surface area contributed by atoms with E-state index in [-0.39, 0.29) is 19.5 Å². The molecule has 1 N–H and O–H groups in total. The van der Waals surface area contributed by atoms with E-state index in [0.717, 1.165) is 0 Å². The maximum atomic E-state index is 13.1. The number of amides is 2. The molecule has 0 radical (unpaired) electrons. The fraction of sp³-hybridized carbons (Fsp3) is 0.667. The lowest BCUT2D eigenvalue weighted by atomic mass is 9.73. The third-order valence-electron chi connectivity index (χ3n) is 4.20. The molecule has 2 amide bonds. The molecule has 0 aromatic carbocycles. The summed E-state index contributed by atoms with van der Waals surface area (Å²) in [4.78, 5) is 23.6. The van der Waals surface area contributed by atoms with Gasteiger partial charge >= 0.3 is 12.2 Å². The molecule has 0 aliphatic carbocycles. The van der Waals surface area contributed by atoms with Gasteiger partial charge in [0.15, 0.2) is 0 Å². The Kier molecular flexibility index (Phi) is 4.91. The van der Waals surface area contributed by atoms with Gasteiger partial charge < -0.3 is 15.1 Å². The summed E-state index contributed by atoms with van der Waals surface area (Å²) in [6.07, 6.45) is -1.41. The molecule has 0 unspecified atom stereocenters. The minimum absolute atomic E-state index is 0.0413. The second kappa shape index (κ2) is 6.45. The molecule has 0 spiro atoms. The Balaban J connectivity index is 2.01. The number of likely N-dealkylation sites (tertiary alicyclic amines) is 1. The van der Waals surface area contributed by atoms with E-state index in [1.165, 1.54) is 17.3 Å². The van der Waals surface area contributed by atoms with Gasteiger partial charge in [0.1, 0.15) is 0 Å². The van der Waals surface area contributed by atoms with Crippen LogP contribution >= 0.6 is 0 Å². The lowest BCUT2D eigenvalue weighted by molar-refractivity contribution is -0.214. The standard InChI is InChI=1S/C15H22F3N5O/c1-14(2)9-23(6-5-11(14)15(16,17)18)13(24)21-10-7-19-12(20-8-10)22(3)4/h7-8,11H,5-6,9H2,1-4H3,(H,21,24)/t11-/m0/s1. The first-order valence-corrected chi connectivity index (χ1v) is 7.63. The average Bonchev–Trinajstić information content (AvgIpc) is 2.45. The largest absolute Gasteiger partial charge is 0.392 e. The number of alkyl halides is 3. The zero-order chi connectivity index (χ0) is 18.1. The highest BCUT2D eigenvalue weighted by Crippen LogP contribution is 2.45. The third-order valence-corrected chi connectivity index (χ3v) is 4.20. The number of rotatable bonds is 2. The second-order valence-corrected chi connectivity index (χ2v) is 6.89. The first kappa shape index (κ1) is 18.3. The molecule has 2 heterocycles. The van der Waals surface area contributed by atoms with Crippen LogP contribution in [0.4, 0.5) is 29.6 Å². The van der Waals surface area contributed by atoms with Crippen molar-refractivity contribution in [3.8, 4) is 0 Å². The van der Waals surface area contributed by atoms with Crippen molar-refractivity contribution in [2.24, 2.45) is 11.3 Å². The summed E-state index contributed by atoms with van der Waals surface area (Å²) in [5.74, 6) is -0.906. The molecule has 1 aromatic rings. The molecule has 9 heteroatoms. The first-order valence-electron chi connectivity index (χ1n) is 7.63. The van der Waals surface area contributed by atoms with E-state index >= 15 is 0 Å². The van der Waals surface area contributed by atoms with Gasteiger partial charge in [0.05, 0.1) is 24.0 Å². The summed E-state index contributed by atoms with van der Waals surface area (Å²) in [6, 6.07) is -0.440. The van der Waals surface area contributed by atoms with E-state index in [9.17, 15) is 18.0 Å². The predicted octanol–water partition coefficient (Wildman–Crippen LogP) is 2.98. The number of anilines is 2. The highest BCUT2D eigenvalue weighted by Gasteiger charge is 2.51. The van der Waals surface area contributed by atoms with Gasteiger partial charge in [-0.1, -0.05) is 13.8 Å². The molecule has 1 atom stereocenters. The molecule has 1 saturated heterocycles. The van der Waals surface area contributed by atoms with Crippen LogP contribution in [0.1, 0.15) is 20.3 Å². The molecule has 1 fully saturated rings. The van der Waals surface area contributed by atoms with Gasteiger partial charge in [0.25, 0.3) is 0 Å². The Morgan fingerprint density at radius 3 is 2.38 bits per heavy atom. The van der Waals surface area contributed by atoms with Crippen LogP contribution in [0.25, 0.3) is 0 Å². The summed E-state index contributed by atoms with van der Waals surface area (Å²) in [5.41, 5.74) is -0.625. The molecule has 2 rings (SSSR count). The number of nitrogens with zero attached hydrogens (tertiary/aromatic N) is 4. The van der Waals surface area contributed by atoms with E-state index in [4.69, 9.17) is 0 Å². The van der Waals surface area contributed by atoms with Crippen molar-refractivity contribution >= 4 is 17.7 Å². The van der Waals surface area contributed by atoms with Crippen LogP contribution in [0.15, 0.2) is 12.4 Å². The number of nitrogens with one attached hydrogen (secondary N) is 1. The summed E-state index contributed by atoms with van der Waals surface area (Å²) in [6.45, 7) is 3.19. The van der Waals surface area contributed by atoms with Gasteiger partial charge in [0.2, 0.25) is 5.95 Å². The maximum absolute atomic E-state index is 13.1. The average molecular weight is 345 g/mol. The highest BCUT2D eigenvalue weighted by atomic mass is 19.4. The van der Waals surface area contributed by atoms with E-state index in [2.05, 4.69) is 15.3 Å². The van der Waals surface area contributed by atoms with Gasteiger partial charge in [-0.05, 0) is 11.8 Å². The van der Waals surface area contributed by atoms with E-state index in [1.54, 1.807) is 32.8 Å². The van der Waals surface area contributed by atoms with Crippen molar-refractivity contribution in [1.29, 1.82) is 0 Å². The number of halogens is 3. The van der Waals surface area contributed by atoms with Crippen molar-refractivity contribution in [1.82, 2.24) is 14.9 Å². The predicted molar refractivity (Wildman–Crippen MR) is 84.9 cm³/mol. The van der Waals surface area contributed by atoms with Crippen molar-refractivity contribution in [2.45, 2.75) is 26.4 Å². The van der Waals surface area contributed by atoms with Crippen molar-refractivity contribution in [2.75, 3.05) is 37.4 Å². The van der Waals surface area contributed by atoms with Crippen LogP contribution in [0.5, 0.6) is 0 Å². The van der Waals surface area contributed by atoms with Crippen molar-refractivity contribution in [3.63, 3.8) is 0 Å². The molecule has 1 aliphatic heterocycles. The fourth-order valence-corrected chi connectivity index (χ4v) is 2.96. The van der Waals surface area contributed by atoms with Crippen LogP contribution in [-0.2, 0) is 0 Å². The Morgan fingerprint density at radius 2 is 1.92 bits per heavy atom. The molecule has 0 bridgehead atoms. The monoisotopic (exact) mass is 345 g/mol. The number of urea groups is 1. The van der Waals surface area contributed by atoms with Crippen molar-refractivity contribution < 1.29 is 18.0 Å². The molecular weight excluding hydrogens is 323 g/mol. The zero-order valence-corrected chi connectivity index (χ0v) is 14.2. The van der Waals surface area contributed by atoms with E-state index in [1.807, 2.05) is 0 Å². The number of aromatic nitrogens is 2. The molecule has 134 valence electrons. The lowest BCUT2D eigenvalue weighted by Gasteiger charge is -2.44. The minimum atomic E-state index is -4.25. The maximum Gasteiger partial charge on any atom is 0.392 e. The Hall–Kier alpha value is -2.06. The molecule has 1 aliphatic rings. The summed E-state index contributed by atoms with van der Waals surface area (Å²) in [5, 5.41) is 2.63. The zero-order valence-electron chi connectivity index (χ0n) is 14.2.